The summed E-state index contributed by atoms with van der Waals surface area (Å²) in [6.07, 6.45) is 3.79. The van der Waals surface area contributed by atoms with Crippen molar-refractivity contribution < 1.29 is 4.79 Å². The standard InChI is InChI=1S/C21H24N6OS/c22-16-7-4-6-15(12-16)20-24-19(14-29-20)26-21(28)25-18-9-5-8-17(23-18)13-27-10-2-1-3-11-27/h4-9,12,14H,1-3,10-11,13,22H2,(H2,23,25,26,28). The minimum atomic E-state index is -0.364. The van der Waals surface area contributed by atoms with E-state index in [0.717, 1.165) is 35.9 Å². The predicted octanol–water partition coefficient (Wildman–Crippen LogP) is 4.42. The first-order valence-electron chi connectivity index (χ1n) is 9.73. The van der Waals surface area contributed by atoms with E-state index in [1.54, 1.807) is 11.4 Å². The normalized spacial score (nSPS) is 14.5. The number of nitrogens with zero attached hydrogens (tertiary/aromatic N) is 3. The van der Waals surface area contributed by atoms with Gasteiger partial charge in [0, 0.05) is 23.2 Å². The van der Waals surface area contributed by atoms with E-state index in [4.69, 9.17) is 5.73 Å². The Labute approximate surface area is 174 Å². The second-order valence-corrected chi connectivity index (χ2v) is 7.95. The van der Waals surface area contributed by atoms with Crippen LogP contribution in [-0.4, -0.2) is 34.0 Å². The highest BCUT2D eigenvalue weighted by Crippen LogP contribution is 2.27. The number of amides is 2. The van der Waals surface area contributed by atoms with Crippen LogP contribution in [0.15, 0.2) is 47.8 Å². The fraction of sp³-hybridized carbons (Fsp3) is 0.286. The summed E-state index contributed by atoms with van der Waals surface area (Å²) in [6.45, 7) is 3.03. The molecule has 29 heavy (non-hydrogen) atoms. The van der Waals surface area contributed by atoms with Gasteiger partial charge in [-0.2, -0.15) is 0 Å². The van der Waals surface area contributed by atoms with Gasteiger partial charge in [-0.1, -0.05) is 24.6 Å². The molecule has 1 saturated heterocycles. The van der Waals surface area contributed by atoms with Crippen molar-refractivity contribution in [3.63, 3.8) is 0 Å². The highest BCUT2D eigenvalue weighted by Gasteiger charge is 2.12. The molecule has 0 bridgehead atoms. The first kappa shape index (κ1) is 19.4. The fourth-order valence-electron chi connectivity index (χ4n) is 3.38. The lowest BCUT2D eigenvalue weighted by Gasteiger charge is -2.26. The second-order valence-electron chi connectivity index (χ2n) is 7.09. The smallest absolute Gasteiger partial charge is 0.326 e. The number of rotatable bonds is 5. The maximum Gasteiger partial charge on any atom is 0.326 e. The molecule has 4 N–H and O–H groups in total. The number of anilines is 3. The van der Waals surface area contributed by atoms with Gasteiger partial charge in [-0.15, -0.1) is 11.3 Å². The van der Waals surface area contributed by atoms with Crippen LogP contribution >= 0.6 is 11.3 Å². The third kappa shape index (κ3) is 5.30. The van der Waals surface area contributed by atoms with Crippen LogP contribution in [0, 0.1) is 0 Å². The van der Waals surface area contributed by atoms with E-state index in [0.29, 0.717) is 17.3 Å². The van der Waals surface area contributed by atoms with Crippen LogP contribution in [0.5, 0.6) is 0 Å². The van der Waals surface area contributed by atoms with E-state index in [9.17, 15) is 4.79 Å². The maximum atomic E-state index is 12.4. The molecule has 2 aromatic heterocycles. The van der Waals surface area contributed by atoms with E-state index < -0.39 is 0 Å². The zero-order chi connectivity index (χ0) is 20.1. The summed E-state index contributed by atoms with van der Waals surface area (Å²) < 4.78 is 0. The number of nitrogens with one attached hydrogen (secondary N) is 2. The number of carbonyl (C=O) groups excluding carboxylic acids is 1. The number of hydrogen-bond donors (Lipinski definition) is 3. The zero-order valence-corrected chi connectivity index (χ0v) is 16.9. The molecule has 7 nitrogen and oxygen atoms in total. The molecule has 1 aliphatic rings. The third-order valence-corrected chi connectivity index (χ3v) is 5.65. The Morgan fingerprint density at radius 2 is 1.83 bits per heavy atom. The first-order valence-corrected chi connectivity index (χ1v) is 10.6. The van der Waals surface area contributed by atoms with Gasteiger partial charge >= 0.3 is 6.03 Å². The summed E-state index contributed by atoms with van der Waals surface area (Å²) in [5, 5.41) is 8.16. The van der Waals surface area contributed by atoms with Crippen LogP contribution in [0.3, 0.4) is 0 Å². The molecular weight excluding hydrogens is 384 g/mol. The Morgan fingerprint density at radius 1 is 1.03 bits per heavy atom. The number of pyridine rings is 1. The van der Waals surface area contributed by atoms with Gasteiger partial charge in [0.2, 0.25) is 0 Å². The molecule has 0 atom stereocenters. The van der Waals surface area contributed by atoms with Crippen molar-refractivity contribution in [1.29, 1.82) is 0 Å². The lowest BCUT2D eigenvalue weighted by molar-refractivity contribution is 0.218. The van der Waals surface area contributed by atoms with Gasteiger partial charge in [0.05, 0.1) is 5.69 Å². The van der Waals surface area contributed by atoms with E-state index in [-0.39, 0.29) is 6.03 Å². The highest BCUT2D eigenvalue weighted by atomic mass is 32.1. The quantitative estimate of drug-likeness (QED) is 0.543. The molecule has 0 radical (unpaired) electrons. The van der Waals surface area contributed by atoms with Crippen molar-refractivity contribution in [2.75, 3.05) is 29.5 Å². The van der Waals surface area contributed by atoms with Crippen LogP contribution in [-0.2, 0) is 6.54 Å². The van der Waals surface area contributed by atoms with E-state index >= 15 is 0 Å². The Hall–Kier alpha value is -2.97. The average Bonchev–Trinajstić information content (AvgIpc) is 3.17. The Kier molecular flexibility index (Phi) is 6.02. The van der Waals surface area contributed by atoms with Crippen molar-refractivity contribution in [2.24, 2.45) is 0 Å². The Bertz CT molecular complexity index is 983. The highest BCUT2D eigenvalue weighted by molar-refractivity contribution is 7.13. The summed E-state index contributed by atoms with van der Waals surface area (Å²) >= 11 is 1.45. The number of urea groups is 1. The largest absolute Gasteiger partial charge is 0.399 e. The number of hydrogen-bond acceptors (Lipinski definition) is 6. The van der Waals surface area contributed by atoms with Gasteiger partial charge in [0.25, 0.3) is 0 Å². The molecule has 4 rings (SSSR count). The molecule has 2 amide bonds. The molecule has 3 aromatic rings. The van der Waals surface area contributed by atoms with Gasteiger partial charge in [-0.3, -0.25) is 15.5 Å². The maximum absolute atomic E-state index is 12.4. The van der Waals surface area contributed by atoms with Gasteiger partial charge in [0.1, 0.15) is 16.6 Å². The molecule has 1 aromatic carbocycles. The van der Waals surface area contributed by atoms with Crippen molar-refractivity contribution in [1.82, 2.24) is 14.9 Å². The molecule has 1 aliphatic heterocycles. The Balaban J connectivity index is 1.35. The molecule has 0 aliphatic carbocycles. The van der Waals surface area contributed by atoms with E-state index in [2.05, 4.69) is 25.5 Å². The summed E-state index contributed by atoms with van der Waals surface area (Å²) in [4.78, 5) is 23.8. The summed E-state index contributed by atoms with van der Waals surface area (Å²) in [5.41, 5.74) is 8.40. The fourth-order valence-corrected chi connectivity index (χ4v) is 4.13. The summed E-state index contributed by atoms with van der Waals surface area (Å²) in [5.74, 6) is 1.03. The lowest BCUT2D eigenvalue weighted by Crippen LogP contribution is -2.29. The number of nitrogens with two attached hydrogens (primary N) is 1. The third-order valence-electron chi connectivity index (χ3n) is 4.76. The van der Waals surface area contributed by atoms with Gasteiger partial charge < -0.3 is 5.73 Å². The van der Waals surface area contributed by atoms with Crippen LogP contribution in [0.4, 0.5) is 22.1 Å². The first-order chi connectivity index (χ1) is 14.2. The lowest BCUT2D eigenvalue weighted by atomic mass is 10.1. The van der Waals surface area contributed by atoms with Crippen LogP contribution in [0.1, 0.15) is 25.0 Å². The van der Waals surface area contributed by atoms with Crippen LogP contribution in [0.2, 0.25) is 0 Å². The predicted molar refractivity (Wildman–Crippen MR) is 118 cm³/mol. The molecule has 0 spiro atoms. The van der Waals surface area contributed by atoms with Crippen molar-refractivity contribution >= 4 is 34.7 Å². The van der Waals surface area contributed by atoms with Crippen molar-refractivity contribution in [3.8, 4) is 10.6 Å². The monoisotopic (exact) mass is 408 g/mol. The molecular formula is C21H24N6OS. The topological polar surface area (TPSA) is 96.2 Å². The molecule has 1 fully saturated rings. The number of likely N-dealkylation sites (tertiary alicyclic amines) is 1. The van der Waals surface area contributed by atoms with Gasteiger partial charge in [0.15, 0.2) is 0 Å². The van der Waals surface area contributed by atoms with Gasteiger partial charge in [-0.05, 0) is 50.2 Å². The Morgan fingerprint density at radius 3 is 2.66 bits per heavy atom. The van der Waals surface area contributed by atoms with E-state index in [1.165, 1.54) is 30.6 Å². The minimum absolute atomic E-state index is 0.364. The molecule has 0 saturated carbocycles. The molecule has 0 unspecified atom stereocenters. The van der Waals surface area contributed by atoms with Crippen LogP contribution < -0.4 is 16.4 Å². The summed E-state index contributed by atoms with van der Waals surface area (Å²) in [6, 6.07) is 12.9. The van der Waals surface area contributed by atoms with Crippen molar-refractivity contribution in [2.45, 2.75) is 25.8 Å². The second kappa shape index (κ2) is 9.02. The number of thiazole rings is 1. The molecule has 3 heterocycles. The van der Waals surface area contributed by atoms with Crippen molar-refractivity contribution in [3.05, 3.63) is 53.5 Å². The SMILES string of the molecule is Nc1cccc(-c2nc(NC(=O)Nc3cccc(CN4CCCCC4)n3)cs2)c1. The average molecular weight is 409 g/mol. The summed E-state index contributed by atoms with van der Waals surface area (Å²) in [7, 11) is 0. The van der Waals surface area contributed by atoms with Crippen LogP contribution in [0.25, 0.3) is 10.6 Å². The number of carbonyl (C=O) groups is 1. The minimum Gasteiger partial charge on any atom is -0.399 e. The van der Waals surface area contributed by atoms with Gasteiger partial charge in [-0.25, -0.2) is 14.8 Å². The number of benzene rings is 1. The molecule has 150 valence electrons. The number of piperidine rings is 1. The zero-order valence-electron chi connectivity index (χ0n) is 16.1. The van der Waals surface area contributed by atoms with E-state index in [1.807, 2.05) is 36.4 Å². The number of nitrogen functional groups attached to an aromatic ring is 1. The number of aromatic nitrogens is 2. The molecule has 8 heteroatoms.